The Morgan fingerprint density at radius 3 is 1.58 bits per heavy atom. The molecule has 0 unspecified atom stereocenters. The maximum Gasteiger partial charge on any atom is 0.805 e. The van der Waals surface area contributed by atoms with Crippen LogP contribution < -0.4 is 18.5 Å². The molecule has 0 atom stereocenters. The number of benzene rings is 2. The van der Waals surface area contributed by atoms with E-state index in [-0.39, 0.29) is 0 Å². The minimum atomic E-state index is -2.34. The highest BCUT2D eigenvalue weighted by Gasteiger charge is 2.24. The molecule has 2 aromatic carbocycles. The van der Waals surface area contributed by atoms with Crippen molar-refractivity contribution < 1.29 is 23.1 Å². The lowest BCUT2D eigenvalue weighted by Crippen LogP contribution is -1.96. The second-order valence-corrected chi connectivity index (χ2v) is 5.87. The number of hydrogen-bond donors (Lipinski definition) is 0. The summed E-state index contributed by atoms with van der Waals surface area (Å²) in [7, 11) is -2.34. The van der Waals surface area contributed by atoms with Gasteiger partial charge in [0.25, 0.3) is 0 Å². The summed E-state index contributed by atoms with van der Waals surface area (Å²) in [5.41, 5.74) is 0. The molecule has 0 fully saturated rings. The molecule has 0 aliphatic rings. The first-order valence-electron chi connectivity index (χ1n) is 8.00. The maximum absolute atomic E-state index is 12.1. The van der Waals surface area contributed by atoms with Gasteiger partial charge in [-0.2, -0.15) is 0 Å². The van der Waals surface area contributed by atoms with Crippen molar-refractivity contribution >= 4 is 8.25 Å². The number of ether oxygens (including phenoxy) is 2. The Kier molecular flexibility index (Phi) is 7.37. The molecule has 0 bridgehead atoms. The van der Waals surface area contributed by atoms with Crippen LogP contribution in [0.2, 0.25) is 0 Å². The second kappa shape index (κ2) is 9.78. The minimum absolute atomic E-state index is 0.433. The normalized spacial score (nSPS) is 10.1. The zero-order chi connectivity index (χ0) is 17.2. The Morgan fingerprint density at radius 2 is 1.17 bits per heavy atom. The van der Waals surface area contributed by atoms with Crippen LogP contribution in [0.3, 0.4) is 0 Å². The fourth-order valence-corrected chi connectivity index (χ4v) is 2.48. The quantitative estimate of drug-likeness (QED) is 0.539. The van der Waals surface area contributed by atoms with Gasteiger partial charge >= 0.3 is 8.25 Å². The lowest BCUT2D eigenvalue weighted by atomic mass is 10.3. The average Bonchev–Trinajstić information content (AvgIpc) is 2.58. The molecule has 2 aromatic rings. The number of hydrogen-bond acceptors (Lipinski definition) is 5. The first-order valence-corrected chi connectivity index (χ1v) is 9.09. The van der Waals surface area contributed by atoms with Crippen molar-refractivity contribution in [2.45, 2.75) is 26.7 Å². The van der Waals surface area contributed by atoms with Crippen molar-refractivity contribution in [2.75, 3.05) is 13.2 Å². The maximum atomic E-state index is 12.1. The predicted molar refractivity (Wildman–Crippen MR) is 93.3 cm³/mol. The van der Waals surface area contributed by atoms with Gasteiger partial charge in [0.05, 0.1) is 13.2 Å². The first-order chi connectivity index (χ1) is 11.7. The molecule has 24 heavy (non-hydrogen) atoms. The standard InChI is InChI=1S/C18H22O5P/c1-3-11-20-15-7-5-9-17(13-15)22-24(19)23-18-10-6-8-16(14-18)21-12-4-2/h5-10,13-14H,3-4,11-12H2,1-2H3/q+1. The third-order valence-corrected chi connectivity index (χ3v) is 3.64. The van der Waals surface area contributed by atoms with Gasteiger partial charge in [0, 0.05) is 16.7 Å². The Bertz CT molecular complexity index is 604. The summed E-state index contributed by atoms with van der Waals surface area (Å²) < 4.78 is 33.7. The van der Waals surface area contributed by atoms with Gasteiger partial charge in [-0.15, -0.1) is 0 Å². The lowest BCUT2D eigenvalue weighted by molar-refractivity contribution is 0.315. The fraction of sp³-hybridized carbons (Fsp3) is 0.333. The summed E-state index contributed by atoms with van der Waals surface area (Å²) in [6.07, 6.45) is 1.83. The van der Waals surface area contributed by atoms with Crippen LogP contribution in [-0.4, -0.2) is 13.2 Å². The van der Waals surface area contributed by atoms with Crippen LogP contribution >= 0.6 is 8.25 Å². The summed E-state index contributed by atoms with van der Waals surface area (Å²) in [4.78, 5) is 0. The molecule has 0 saturated heterocycles. The Labute approximate surface area is 143 Å². The van der Waals surface area contributed by atoms with Crippen LogP contribution in [0.25, 0.3) is 0 Å². The Balaban J connectivity index is 1.93. The van der Waals surface area contributed by atoms with Gasteiger partial charge in [-0.25, -0.2) is 9.05 Å². The molecule has 6 heteroatoms. The summed E-state index contributed by atoms with van der Waals surface area (Å²) in [5, 5.41) is 0. The van der Waals surface area contributed by atoms with Crippen LogP contribution in [0, 0.1) is 0 Å². The number of rotatable bonds is 10. The van der Waals surface area contributed by atoms with Crippen molar-refractivity contribution in [3.63, 3.8) is 0 Å². The largest absolute Gasteiger partial charge is 0.805 e. The molecule has 0 spiro atoms. The van der Waals surface area contributed by atoms with Gasteiger partial charge in [-0.1, -0.05) is 26.0 Å². The van der Waals surface area contributed by atoms with E-state index in [4.69, 9.17) is 18.5 Å². The molecule has 0 radical (unpaired) electrons. The molecule has 5 nitrogen and oxygen atoms in total. The molecule has 0 N–H and O–H groups in total. The van der Waals surface area contributed by atoms with Crippen LogP contribution in [-0.2, 0) is 4.57 Å². The molecule has 2 rings (SSSR count). The highest BCUT2D eigenvalue weighted by molar-refractivity contribution is 7.34. The minimum Gasteiger partial charge on any atom is -0.493 e. The molecule has 128 valence electrons. The van der Waals surface area contributed by atoms with Crippen molar-refractivity contribution in [1.82, 2.24) is 0 Å². The van der Waals surface area contributed by atoms with Crippen LogP contribution in [0.4, 0.5) is 0 Å². The van der Waals surface area contributed by atoms with E-state index in [1.54, 1.807) is 36.4 Å². The molecular formula is C18H22O5P+. The molecule has 0 aliphatic carbocycles. The van der Waals surface area contributed by atoms with Crippen LogP contribution in [0.1, 0.15) is 26.7 Å². The van der Waals surface area contributed by atoms with E-state index in [2.05, 4.69) is 0 Å². The van der Waals surface area contributed by atoms with Gasteiger partial charge < -0.3 is 9.47 Å². The van der Waals surface area contributed by atoms with Crippen molar-refractivity contribution in [2.24, 2.45) is 0 Å². The van der Waals surface area contributed by atoms with E-state index in [0.29, 0.717) is 36.2 Å². The van der Waals surface area contributed by atoms with E-state index in [1.165, 1.54) is 0 Å². The summed E-state index contributed by atoms with van der Waals surface area (Å²) in [6.45, 7) is 5.31. The fourth-order valence-electron chi connectivity index (χ4n) is 1.87. The average molecular weight is 349 g/mol. The van der Waals surface area contributed by atoms with E-state index in [9.17, 15) is 4.57 Å². The smallest absolute Gasteiger partial charge is 0.493 e. The molecule has 0 aliphatic heterocycles. The molecule has 0 saturated carbocycles. The van der Waals surface area contributed by atoms with Gasteiger partial charge in [-0.05, 0) is 37.1 Å². The van der Waals surface area contributed by atoms with Crippen LogP contribution in [0.15, 0.2) is 48.5 Å². The van der Waals surface area contributed by atoms with Gasteiger partial charge in [0.2, 0.25) is 0 Å². The van der Waals surface area contributed by atoms with Gasteiger partial charge in [0.1, 0.15) is 11.5 Å². The predicted octanol–water partition coefficient (Wildman–Crippen LogP) is 5.38. The topological polar surface area (TPSA) is 54.0 Å². The highest BCUT2D eigenvalue weighted by Crippen LogP contribution is 2.33. The summed E-state index contributed by atoms with van der Waals surface area (Å²) in [6, 6.07) is 14.0. The summed E-state index contributed by atoms with van der Waals surface area (Å²) in [5.74, 6) is 2.21. The lowest BCUT2D eigenvalue weighted by Gasteiger charge is -2.04. The zero-order valence-electron chi connectivity index (χ0n) is 13.9. The van der Waals surface area contributed by atoms with Crippen molar-refractivity contribution in [3.05, 3.63) is 48.5 Å². The molecule has 0 aromatic heterocycles. The Morgan fingerprint density at radius 1 is 0.750 bits per heavy atom. The van der Waals surface area contributed by atoms with Crippen molar-refractivity contribution in [3.8, 4) is 23.0 Å². The van der Waals surface area contributed by atoms with E-state index in [0.717, 1.165) is 12.8 Å². The zero-order valence-corrected chi connectivity index (χ0v) is 14.8. The third-order valence-electron chi connectivity index (χ3n) is 2.92. The monoisotopic (exact) mass is 349 g/mol. The SMILES string of the molecule is CCCOc1cccc(O[P+](=O)Oc2cccc(OCCC)c2)c1. The second-order valence-electron chi connectivity index (χ2n) is 5.05. The molecule has 0 amide bonds. The molecule has 0 heterocycles. The van der Waals surface area contributed by atoms with E-state index in [1.807, 2.05) is 26.0 Å². The summed E-state index contributed by atoms with van der Waals surface area (Å²) >= 11 is 0. The van der Waals surface area contributed by atoms with Gasteiger partial charge in [0.15, 0.2) is 11.5 Å². The third kappa shape index (κ3) is 6.09. The van der Waals surface area contributed by atoms with Gasteiger partial charge in [-0.3, -0.25) is 0 Å². The van der Waals surface area contributed by atoms with E-state index >= 15 is 0 Å². The van der Waals surface area contributed by atoms with Crippen LogP contribution in [0.5, 0.6) is 23.0 Å². The first kappa shape index (κ1) is 18.1. The van der Waals surface area contributed by atoms with Crippen molar-refractivity contribution in [1.29, 1.82) is 0 Å². The molecular weight excluding hydrogens is 327 g/mol. The van der Waals surface area contributed by atoms with E-state index < -0.39 is 8.25 Å². The Hall–Kier alpha value is -2.26. The highest BCUT2D eigenvalue weighted by atomic mass is 31.1.